The van der Waals surface area contributed by atoms with Gasteiger partial charge >= 0.3 is 5.97 Å². The van der Waals surface area contributed by atoms with Crippen LogP contribution in [0.1, 0.15) is 70.0 Å². The third kappa shape index (κ3) is 7.18. The first-order valence-electron chi connectivity index (χ1n) is 17.2. The lowest BCUT2D eigenvalue weighted by Gasteiger charge is -2.38. The summed E-state index contributed by atoms with van der Waals surface area (Å²) in [5.74, 6) is -0.633. The maximum absolute atomic E-state index is 15.0. The second-order valence-electron chi connectivity index (χ2n) is 13.6. The number of halogens is 1. The van der Waals surface area contributed by atoms with E-state index >= 15 is 4.39 Å². The van der Waals surface area contributed by atoms with Crippen molar-refractivity contribution in [1.82, 2.24) is 14.8 Å². The lowest BCUT2D eigenvalue weighted by atomic mass is 9.89. The lowest BCUT2D eigenvalue weighted by Crippen LogP contribution is -2.51. The van der Waals surface area contributed by atoms with Gasteiger partial charge in [-0.2, -0.15) is 0 Å². The topological polar surface area (TPSA) is 107 Å². The van der Waals surface area contributed by atoms with Crippen LogP contribution in [0.2, 0.25) is 0 Å². The van der Waals surface area contributed by atoms with Gasteiger partial charge in [0.1, 0.15) is 18.6 Å². The number of aromatic carboxylic acids is 1. The Morgan fingerprint density at radius 2 is 1.75 bits per heavy atom. The van der Waals surface area contributed by atoms with E-state index in [1.807, 2.05) is 18.2 Å². The van der Waals surface area contributed by atoms with E-state index in [0.29, 0.717) is 17.0 Å². The molecular formula is C37H44FN5O5. The maximum atomic E-state index is 15.0. The number of hydrogen-bond acceptors (Lipinski definition) is 9. The number of fused-ring (bicyclic) bond motifs is 1. The molecule has 2 N–H and O–H groups in total. The fraction of sp³-hybridized carbons (Fsp3) is 0.486. The summed E-state index contributed by atoms with van der Waals surface area (Å²) in [6.07, 6.45) is 4.72. The molecule has 3 fully saturated rings. The van der Waals surface area contributed by atoms with Crippen molar-refractivity contribution in [3.05, 3.63) is 82.8 Å². The first-order valence-corrected chi connectivity index (χ1v) is 17.2. The van der Waals surface area contributed by atoms with E-state index in [1.165, 1.54) is 6.07 Å². The predicted molar refractivity (Wildman–Crippen MR) is 180 cm³/mol. The number of carbonyl (C=O) groups excluding carboxylic acids is 1. The highest BCUT2D eigenvalue weighted by molar-refractivity contribution is 5.98. The highest BCUT2D eigenvalue weighted by Gasteiger charge is 2.35. The van der Waals surface area contributed by atoms with Gasteiger partial charge < -0.3 is 29.7 Å². The third-order valence-corrected chi connectivity index (χ3v) is 10.4. The highest BCUT2D eigenvalue weighted by Crippen LogP contribution is 2.37. The Bertz CT molecular complexity index is 1630. The largest absolute Gasteiger partial charge is 0.478 e. The summed E-state index contributed by atoms with van der Waals surface area (Å²) >= 11 is 0. The summed E-state index contributed by atoms with van der Waals surface area (Å²) in [6, 6.07) is 15.8. The standard InChI is InChI=1S/C37H44FN5O5/c1-41-14-9-25(10-15-41)36(44)26-5-6-28(30(38)19-26)23-48-35-4-2-3-31(40-35)24-11-16-42(17-12-24)22-34-39-32-8-7-27(37(45)46)20-33(32)43(34)21-29-13-18-47-29/h2-8,19-20,24-25,29,34,39H,9-18,21-23H2,1H3,(H,45,46). The van der Waals surface area contributed by atoms with E-state index < -0.39 is 11.8 Å². The molecule has 2 atom stereocenters. The molecule has 2 aromatic carbocycles. The maximum Gasteiger partial charge on any atom is 0.335 e. The summed E-state index contributed by atoms with van der Waals surface area (Å²) in [5.41, 5.74) is 3.96. The smallest absolute Gasteiger partial charge is 0.335 e. The van der Waals surface area contributed by atoms with Crippen LogP contribution in [0, 0.1) is 11.7 Å². The minimum Gasteiger partial charge on any atom is -0.478 e. The molecule has 0 radical (unpaired) electrons. The fourth-order valence-electron chi connectivity index (χ4n) is 7.34. The number of hydrogen-bond donors (Lipinski definition) is 2. The van der Waals surface area contributed by atoms with Gasteiger partial charge in [-0.3, -0.25) is 9.69 Å². The average Bonchev–Trinajstić information content (AvgIpc) is 3.42. The molecule has 0 saturated carbocycles. The van der Waals surface area contributed by atoms with Gasteiger partial charge in [-0.15, -0.1) is 0 Å². The minimum atomic E-state index is -0.927. The van der Waals surface area contributed by atoms with Crippen molar-refractivity contribution in [3.8, 4) is 5.88 Å². The first kappa shape index (κ1) is 32.5. The van der Waals surface area contributed by atoms with Gasteiger partial charge in [-0.25, -0.2) is 14.2 Å². The zero-order chi connectivity index (χ0) is 33.2. The first-order chi connectivity index (χ1) is 23.3. The molecule has 0 spiro atoms. The van der Waals surface area contributed by atoms with E-state index in [9.17, 15) is 14.7 Å². The van der Waals surface area contributed by atoms with Crippen LogP contribution in [0.15, 0.2) is 54.6 Å². The number of carboxylic acids is 1. The fourth-order valence-corrected chi connectivity index (χ4v) is 7.34. The van der Waals surface area contributed by atoms with E-state index in [0.717, 1.165) is 95.0 Å². The number of rotatable bonds is 11. The Morgan fingerprint density at radius 3 is 2.46 bits per heavy atom. The summed E-state index contributed by atoms with van der Waals surface area (Å²) in [7, 11) is 2.06. The highest BCUT2D eigenvalue weighted by atomic mass is 19.1. The van der Waals surface area contributed by atoms with E-state index in [-0.39, 0.29) is 42.1 Å². The number of anilines is 2. The molecule has 4 aliphatic heterocycles. The third-order valence-electron chi connectivity index (χ3n) is 10.4. The SMILES string of the molecule is CN1CCC(C(=O)c2ccc(COc3cccc(C4CCN(CC5Nc6ccc(C(=O)O)cc6N5CC5CCO5)CC4)n3)c(F)c2)CC1. The molecule has 10 nitrogen and oxygen atoms in total. The number of carbonyl (C=O) groups is 2. The van der Waals surface area contributed by atoms with Crippen LogP contribution in [0.3, 0.4) is 0 Å². The summed E-state index contributed by atoms with van der Waals surface area (Å²) in [6.45, 7) is 5.94. The number of benzene rings is 2. The Labute approximate surface area is 280 Å². The monoisotopic (exact) mass is 657 g/mol. The second-order valence-corrected chi connectivity index (χ2v) is 13.6. The van der Waals surface area contributed by atoms with Crippen LogP contribution in [0.25, 0.3) is 0 Å². The molecule has 7 rings (SSSR count). The van der Waals surface area contributed by atoms with Crippen LogP contribution in [-0.4, -0.2) is 96.8 Å². The number of ketones is 1. The zero-order valence-electron chi connectivity index (χ0n) is 27.4. The van der Waals surface area contributed by atoms with Gasteiger partial charge in [0.15, 0.2) is 5.78 Å². The van der Waals surface area contributed by atoms with Crippen molar-refractivity contribution in [1.29, 1.82) is 0 Å². The Hall–Kier alpha value is -4.06. The number of carboxylic acid groups (broad SMARTS) is 1. The van der Waals surface area contributed by atoms with Crippen molar-refractivity contribution in [2.24, 2.45) is 5.92 Å². The number of nitrogens with zero attached hydrogens (tertiary/aromatic N) is 4. The van der Waals surface area contributed by atoms with Crippen molar-refractivity contribution < 1.29 is 28.6 Å². The number of nitrogens with one attached hydrogen (secondary N) is 1. The van der Waals surface area contributed by atoms with Crippen molar-refractivity contribution in [3.63, 3.8) is 0 Å². The normalized spacial score (nSPS) is 22.2. The van der Waals surface area contributed by atoms with Crippen LogP contribution >= 0.6 is 0 Å². The van der Waals surface area contributed by atoms with Crippen molar-refractivity contribution >= 4 is 23.1 Å². The number of Topliss-reactive ketones (excluding diaryl/α,β-unsaturated/α-hetero) is 1. The number of aromatic nitrogens is 1. The molecule has 3 saturated heterocycles. The second kappa shape index (κ2) is 14.2. The number of likely N-dealkylation sites (tertiary alicyclic amines) is 2. The predicted octanol–water partition coefficient (Wildman–Crippen LogP) is 5.25. The summed E-state index contributed by atoms with van der Waals surface area (Å²) in [5, 5.41) is 13.2. The molecule has 0 aliphatic carbocycles. The molecule has 0 amide bonds. The van der Waals surface area contributed by atoms with E-state index in [2.05, 4.69) is 27.1 Å². The van der Waals surface area contributed by atoms with Crippen molar-refractivity contribution in [2.45, 2.75) is 56.9 Å². The Kier molecular flexibility index (Phi) is 9.61. The molecule has 254 valence electrons. The zero-order valence-corrected chi connectivity index (χ0v) is 27.4. The summed E-state index contributed by atoms with van der Waals surface area (Å²) in [4.78, 5) is 36.3. The van der Waals surface area contributed by atoms with Crippen LogP contribution < -0.4 is 15.0 Å². The molecule has 48 heavy (non-hydrogen) atoms. The number of ether oxygens (including phenoxy) is 2. The van der Waals surface area contributed by atoms with Gasteiger partial charge in [0, 0.05) is 54.4 Å². The average molecular weight is 658 g/mol. The molecule has 5 heterocycles. The molecule has 11 heteroatoms. The van der Waals surface area contributed by atoms with Gasteiger partial charge in [-0.1, -0.05) is 18.2 Å². The van der Waals surface area contributed by atoms with E-state index in [4.69, 9.17) is 14.5 Å². The Balaban J connectivity index is 0.926. The van der Waals surface area contributed by atoms with Crippen LogP contribution in [0.5, 0.6) is 5.88 Å². The van der Waals surface area contributed by atoms with Gasteiger partial charge in [0.05, 0.1) is 23.0 Å². The molecule has 3 aromatic rings. The van der Waals surface area contributed by atoms with Gasteiger partial charge in [-0.05, 0) is 95.7 Å². The molecule has 4 aliphatic rings. The minimum absolute atomic E-state index is 0.0226. The quantitative estimate of drug-likeness (QED) is 0.266. The van der Waals surface area contributed by atoms with E-state index in [1.54, 1.807) is 30.3 Å². The Morgan fingerprint density at radius 1 is 0.979 bits per heavy atom. The molecule has 0 bridgehead atoms. The van der Waals surface area contributed by atoms with Gasteiger partial charge in [0.25, 0.3) is 0 Å². The van der Waals surface area contributed by atoms with Gasteiger partial charge in [0.2, 0.25) is 5.88 Å². The molecular weight excluding hydrogens is 613 g/mol. The van der Waals surface area contributed by atoms with Crippen LogP contribution in [0.4, 0.5) is 15.8 Å². The van der Waals surface area contributed by atoms with Crippen LogP contribution in [-0.2, 0) is 11.3 Å². The lowest BCUT2D eigenvalue weighted by molar-refractivity contribution is -0.0452. The molecule has 2 unspecified atom stereocenters. The van der Waals surface area contributed by atoms with Crippen molar-refractivity contribution in [2.75, 3.05) is 63.1 Å². The number of pyridine rings is 1. The summed E-state index contributed by atoms with van der Waals surface area (Å²) < 4.78 is 26.7. The molecule has 1 aromatic heterocycles. The number of piperidine rings is 2.